The molecule has 0 saturated carbocycles. The van der Waals surface area contributed by atoms with Crippen LogP contribution in [0.4, 0.5) is 5.69 Å². The second-order valence-electron chi connectivity index (χ2n) is 6.61. The molecule has 2 atom stereocenters. The molecular weight excluding hydrogens is 306 g/mol. The van der Waals surface area contributed by atoms with Crippen molar-refractivity contribution in [2.45, 2.75) is 12.8 Å². The molecule has 24 heavy (non-hydrogen) atoms. The van der Waals surface area contributed by atoms with Crippen molar-refractivity contribution in [3.05, 3.63) is 18.2 Å². The number of rotatable bonds is 6. The molecule has 0 aliphatic carbocycles. The number of nitrogens with zero attached hydrogens (tertiary/aromatic N) is 1. The molecule has 2 unspecified atom stereocenters. The highest BCUT2D eigenvalue weighted by atomic mass is 16.5. The second kappa shape index (κ2) is 7.75. The predicted molar refractivity (Wildman–Crippen MR) is 93.9 cm³/mol. The lowest BCUT2D eigenvalue weighted by Crippen LogP contribution is -2.36. The molecule has 0 radical (unpaired) electrons. The van der Waals surface area contributed by atoms with Crippen molar-refractivity contribution in [2.75, 3.05) is 51.8 Å². The van der Waals surface area contributed by atoms with Crippen LogP contribution in [0.25, 0.3) is 0 Å². The average molecular weight is 333 g/mol. The van der Waals surface area contributed by atoms with Crippen molar-refractivity contribution in [2.24, 2.45) is 11.8 Å². The van der Waals surface area contributed by atoms with Gasteiger partial charge in [0, 0.05) is 50.1 Å². The van der Waals surface area contributed by atoms with Gasteiger partial charge in [-0.25, -0.2) is 0 Å². The number of hydrogen-bond acceptors (Lipinski definition) is 5. The molecule has 0 bridgehead atoms. The minimum Gasteiger partial charge on any atom is -0.497 e. The lowest BCUT2D eigenvalue weighted by atomic mass is 10.1. The molecule has 0 spiro atoms. The predicted octanol–water partition coefficient (Wildman–Crippen LogP) is 1.26. The van der Waals surface area contributed by atoms with Crippen LogP contribution in [-0.2, 0) is 4.79 Å². The van der Waals surface area contributed by atoms with E-state index in [1.807, 2.05) is 18.2 Å². The smallest absolute Gasteiger partial charge is 0.224 e. The fraction of sp³-hybridized carbons (Fsp3) is 0.611. The molecule has 1 amide bonds. The summed E-state index contributed by atoms with van der Waals surface area (Å²) in [4.78, 5) is 14.5. The summed E-state index contributed by atoms with van der Waals surface area (Å²) in [7, 11) is 3.33. The summed E-state index contributed by atoms with van der Waals surface area (Å²) in [6, 6.07) is 5.95. The van der Waals surface area contributed by atoms with Crippen LogP contribution >= 0.6 is 0 Å². The fourth-order valence-corrected chi connectivity index (χ4v) is 3.48. The summed E-state index contributed by atoms with van der Waals surface area (Å²) < 4.78 is 10.7. The first-order valence-electron chi connectivity index (χ1n) is 8.66. The monoisotopic (exact) mass is 333 g/mol. The third-order valence-corrected chi connectivity index (χ3v) is 4.98. The minimum atomic E-state index is 0.144. The van der Waals surface area contributed by atoms with Crippen LogP contribution in [-0.4, -0.2) is 52.9 Å². The van der Waals surface area contributed by atoms with Gasteiger partial charge < -0.3 is 25.0 Å². The summed E-state index contributed by atoms with van der Waals surface area (Å²) in [6.07, 6.45) is 2.04. The Bertz CT molecular complexity index is 550. The number of amides is 1. The molecule has 2 heterocycles. The summed E-state index contributed by atoms with van der Waals surface area (Å²) in [6.45, 7) is 4.45. The Labute approximate surface area is 143 Å². The quantitative estimate of drug-likeness (QED) is 0.820. The molecule has 1 aromatic rings. The maximum atomic E-state index is 12.1. The molecule has 0 aromatic heterocycles. The van der Waals surface area contributed by atoms with E-state index >= 15 is 0 Å². The van der Waals surface area contributed by atoms with Gasteiger partial charge in [-0.1, -0.05) is 0 Å². The topological polar surface area (TPSA) is 62.8 Å². The number of ether oxygens (including phenoxy) is 2. The number of methoxy groups -OCH3 is 2. The molecule has 2 saturated heterocycles. The fourth-order valence-electron chi connectivity index (χ4n) is 3.48. The van der Waals surface area contributed by atoms with Gasteiger partial charge in [-0.2, -0.15) is 0 Å². The summed E-state index contributed by atoms with van der Waals surface area (Å²) in [5.74, 6) is 2.43. The molecule has 6 nitrogen and oxygen atoms in total. The minimum absolute atomic E-state index is 0.144. The van der Waals surface area contributed by atoms with Crippen molar-refractivity contribution in [3.63, 3.8) is 0 Å². The van der Waals surface area contributed by atoms with E-state index in [1.165, 1.54) is 0 Å². The Morgan fingerprint density at radius 3 is 2.62 bits per heavy atom. The van der Waals surface area contributed by atoms with Gasteiger partial charge in [0.25, 0.3) is 0 Å². The SMILES string of the molecule is COc1cc(OC)cc(N2CCC(CNC(=O)C3CCNC3)C2)c1. The normalized spacial score (nSPS) is 23.3. The van der Waals surface area contributed by atoms with E-state index in [0.717, 1.165) is 62.8 Å². The number of nitrogens with one attached hydrogen (secondary N) is 2. The Hall–Kier alpha value is -1.95. The Balaban J connectivity index is 1.54. The van der Waals surface area contributed by atoms with Gasteiger partial charge in [-0.15, -0.1) is 0 Å². The average Bonchev–Trinajstić information content (AvgIpc) is 3.30. The zero-order valence-corrected chi connectivity index (χ0v) is 14.5. The molecule has 3 rings (SSSR count). The van der Waals surface area contributed by atoms with E-state index < -0.39 is 0 Å². The van der Waals surface area contributed by atoms with Gasteiger partial charge in [-0.3, -0.25) is 4.79 Å². The van der Waals surface area contributed by atoms with Crippen LogP contribution in [0.3, 0.4) is 0 Å². The lowest BCUT2D eigenvalue weighted by molar-refractivity contribution is -0.124. The molecule has 2 aliphatic heterocycles. The lowest BCUT2D eigenvalue weighted by Gasteiger charge is -2.20. The first-order valence-corrected chi connectivity index (χ1v) is 8.66. The van der Waals surface area contributed by atoms with E-state index in [4.69, 9.17) is 9.47 Å². The Morgan fingerprint density at radius 2 is 2.00 bits per heavy atom. The van der Waals surface area contributed by atoms with Crippen LogP contribution in [0.5, 0.6) is 11.5 Å². The number of hydrogen-bond donors (Lipinski definition) is 2. The molecule has 1 aromatic carbocycles. The van der Waals surface area contributed by atoms with Gasteiger partial charge in [0.05, 0.1) is 20.1 Å². The van der Waals surface area contributed by atoms with E-state index in [2.05, 4.69) is 15.5 Å². The first kappa shape index (κ1) is 16.9. The van der Waals surface area contributed by atoms with Gasteiger partial charge in [-0.05, 0) is 25.3 Å². The van der Waals surface area contributed by atoms with E-state index in [-0.39, 0.29) is 11.8 Å². The standard InChI is InChI=1S/C18H27N3O3/c1-23-16-7-15(8-17(9-16)24-2)21-6-4-13(12-21)10-20-18(22)14-3-5-19-11-14/h7-9,13-14,19H,3-6,10-12H2,1-2H3,(H,20,22). The van der Waals surface area contributed by atoms with Crippen LogP contribution in [0, 0.1) is 11.8 Å². The highest BCUT2D eigenvalue weighted by molar-refractivity contribution is 5.79. The highest BCUT2D eigenvalue weighted by Crippen LogP contribution is 2.31. The van der Waals surface area contributed by atoms with E-state index in [9.17, 15) is 4.79 Å². The third-order valence-electron chi connectivity index (χ3n) is 4.98. The van der Waals surface area contributed by atoms with Crippen molar-refractivity contribution >= 4 is 11.6 Å². The molecular formula is C18H27N3O3. The number of carbonyl (C=O) groups excluding carboxylic acids is 1. The first-order chi connectivity index (χ1) is 11.7. The van der Waals surface area contributed by atoms with Crippen LogP contribution < -0.4 is 25.0 Å². The molecule has 2 fully saturated rings. The number of carbonyl (C=O) groups is 1. The van der Waals surface area contributed by atoms with E-state index in [0.29, 0.717) is 5.92 Å². The summed E-state index contributed by atoms with van der Waals surface area (Å²) in [5.41, 5.74) is 1.11. The molecule has 6 heteroatoms. The third kappa shape index (κ3) is 3.93. The highest BCUT2D eigenvalue weighted by Gasteiger charge is 2.26. The van der Waals surface area contributed by atoms with Gasteiger partial charge in [0.2, 0.25) is 5.91 Å². The van der Waals surface area contributed by atoms with Crippen molar-refractivity contribution < 1.29 is 14.3 Å². The Morgan fingerprint density at radius 1 is 1.25 bits per heavy atom. The van der Waals surface area contributed by atoms with Crippen LogP contribution in [0.2, 0.25) is 0 Å². The number of anilines is 1. The Kier molecular flexibility index (Phi) is 5.45. The van der Waals surface area contributed by atoms with Gasteiger partial charge in [0.1, 0.15) is 11.5 Å². The number of benzene rings is 1. The van der Waals surface area contributed by atoms with Crippen molar-refractivity contribution in [1.82, 2.24) is 10.6 Å². The van der Waals surface area contributed by atoms with Crippen LogP contribution in [0.15, 0.2) is 18.2 Å². The maximum absolute atomic E-state index is 12.1. The zero-order chi connectivity index (χ0) is 16.9. The van der Waals surface area contributed by atoms with Crippen molar-refractivity contribution in [1.29, 1.82) is 0 Å². The molecule has 2 aliphatic rings. The summed E-state index contributed by atoms with van der Waals surface area (Å²) >= 11 is 0. The van der Waals surface area contributed by atoms with Crippen LogP contribution in [0.1, 0.15) is 12.8 Å². The molecule has 2 N–H and O–H groups in total. The van der Waals surface area contributed by atoms with Gasteiger partial charge in [0.15, 0.2) is 0 Å². The van der Waals surface area contributed by atoms with E-state index in [1.54, 1.807) is 14.2 Å². The summed E-state index contributed by atoms with van der Waals surface area (Å²) in [5, 5.41) is 6.37. The van der Waals surface area contributed by atoms with Gasteiger partial charge >= 0.3 is 0 Å². The zero-order valence-electron chi connectivity index (χ0n) is 14.5. The maximum Gasteiger partial charge on any atom is 0.224 e. The molecule has 132 valence electrons. The van der Waals surface area contributed by atoms with Crippen molar-refractivity contribution in [3.8, 4) is 11.5 Å². The second-order valence-corrected chi connectivity index (χ2v) is 6.61. The largest absolute Gasteiger partial charge is 0.497 e.